The van der Waals surface area contributed by atoms with Crippen LogP contribution in [0.2, 0.25) is 5.02 Å². The van der Waals surface area contributed by atoms with Crippen molar-refractivity contribution in [1.29, 1.82) is 0 Å². The molecule has 82 valence electrons. The summed E-state index contributed by atoms with van der Waals surface area (Å²) in [5.41, 5.74) is 5.73. The van der Waals surface area contributed by atoms with Gasteiger partial charge in [0.25, 0.3) is 0 Å². The lowest BCUT2D eigenvalue weighted by Crippen LogP contribution is -2.17. The van der Waals surface area contributed by atoms with Crippen LogP contribution in [0, 0.1) is 0 Å². The van der Waals surface area contributed by atoms with E-state index in [1.54, 1.807) is 7.11 Å². The second-order valence-corrected chi connectivity index (χ2v) is 5.73. The fourth-order valence-electron chi connectivity index (χ4n) is 1.45. The van der Waals surface area contributed by atoms with E-state index in [2.05, 4.69) is 0 Å². The van der Waals surface area contributed by atoms with Crippen LogP contribution in [0.4, 0.5) is 0 Å². The Kier molecular flexibility index (Phi) is 3.14. The minimum Gasteiger partial charge on any atom is -0.495 e. The molecule has 2 nitrogen and oxygen atoms in total. The summed E-state index contributed by atoms with van der Waals surface area (Å²) in [6.07, 6.45) is 2.41. The van der Waals surface area contributed by atoms with Gasteiger partial charge in [0.2, 0.25) is 0 Å². The summed E-state index contributed by atoms with van der Waals surface area (Å²) in [6.45, 7) is 0.737. The van der Waals surface area contributed by atoms with Crippen molar-refractivity contribution in [2.75, 3.05) is 13.7 Å². The van der Waals surface area contributed by atoms with E-state index in [0.717, 1.165) is 12.3 Å². The van der Waals surface area contributed by atoms with Gasteiger partial charge in [-0.1, -0.05) is 11.6 Å². The summed E-state index contributed by atoms with van der Waals surface area (Å²) >= 11 is 7.88. The minimum absolute atomic E-state index is 0.276. The number of ether oxygens (including phenoxy) is 1. The van der Waals surface area contributed by atoms with Crippen molar-refractivity contribution >= 4 is 23.4 Å². The molecule has 1 aliphatic carbocycles. The number of hydrogen-bond acceptors (Lipinski definition) is 3. The maximum Gasteiger partial charge on any atom is 0.137 e. The number of nitrogens with two attached hydrogens (primary N) is 1. The van der Waals surface area contributed by atoms with E-state index in [0.29, 0.717) is 5.02 Å². The average molecular weight is 244 g/mol. The van der Waals surface area contributed by atoms with Gasteiger partial charge >= 0.3 is 0 Å². The van der Waals surface area contributed by atoms with E-state index in [4.69, 9.17) is 22.1 Å². The number of rotatable bonds is 4. The molecule has 1 fully saturated rings. The molecule has 0 aliphatic heterocycles. The molecule has 0 radical (unpaired) electrons. The summed E-state index contributed by atoms with van der Waals surface area (Å²) in [5.74, 6) is 0.721. The maximum absolute atomic E-state index is 6.05. The molecular formula is C11H14ClNOS. The van der Waals surface area contributed by atoms with Gasteiger partial charge in [0, 0.05) is 16.2 Å². The van der Waals surface area contributed by atoms with Gasteiger partial charge in [-0.2, -0.15) is 0 Å². The zero-order chi connectivity index (χ0) is 10.9. The topological polar surface area (TPSA) is 35.2 Å². The van der Waals surface area contributed by atoms with Crippen molar-refractivity contribution in [3.63, 3.8) is 0 Å². The fraction of sp³-hybridized carbons (Fsp3) is 0.455. The Bertz CT molecular complexity index is 366. The van der Waals surface area contributed by atoms with E-state index < -0.39 is 0 Å². The summed E-state index contributed by atoms with van der Waals surface area (Å²) in [5, 5.41) is 0.662. The molecular weight excluding hydrogens is 230 g/mol. The van der Waals surface area contributed by atoms with E-state index in [1.807, 2.05) is 30.0 Å². The third-order valence-electron chi connectivity index (χ3n) is 2.64. The zero-order valence-electron chi connectivity index (χ0n) is 8.63. The van der Waals surface area contributed by atoms with Crippen LogP contribution in [0.3, 0.4) is 0 Å². The Morgan fingerprint density at radius 2 is 2.27 bits per heavy atom. The summed E-state index contributed by atoms with van der Waals surface area (Å²) in [6, 6.07) is 5.88. The molecule has 4 heteroatoms. The molecule has 0 unspecified atom stereocenters. The van der Waals surface area contributed by atoms with Crippen molar-refractivity contribution < 1.29 is 4.74 Å². The van der Waals surface area contributed by atoms with Crippen molar-refractivity contribution in [1.82, 2.24) is 0 Å². The molecule has 2 rings (SSSR count). The minimum atomic E-state index is 0.276. The first-order chi connectivity index (χ1) is 7.19. The van der Waals surface area contributed by atoms with Crippen molar-refractivity contribution in [2.45, 2.75) is 22.5 Å². The van der Waals surface area contributed by atoms with Crippen molar-refractivity contribution in [3.8, 4) is 5.75 Å². The van der Waals surface area contributed by atoms with E-state index in [9.17, 15) is 0 Å². The van der Waals surface area contributed by atoms with Crippen LogP contribution in [0.15, 0.2) is 23.1 Å². The number of halogens is 1. The molecule has 0 amide bonds. The highest BCUT2D eigenvalue weighted by molar-refractivity contribution is 8.01. The second-order valence-electron chi connectivity index (χ2n) is 3.79. The molecule has 1 aliphatic rings. The summed E-state index contributed by atoms with van der Waals surface area (Å²) in [4.78, 5) is 1.17. The molecule has 1 aromatic rings. The average Bonchev–Trinajstić information content (AvgIpc) is 2.99. The molecule has 0 spiro atoms. The summed E-state index contributed by atoms with van der Waals surface area (Å²) in [7, 11) is 1.62. The number of thioether (sulfide) groups is 1. The Hall–Kier alpha value is -0.380. The molecule has 0 bridgehead atoms. The van der Waals surface area contributed by atoms with Crippen LogP contribution in [-0.4, -0.2) is 18.4 Å². The number of hydrogen-bond donors (Lipinski definition) is 1. The molecule has 2 N–H and O–H groups in total. The first kappa shape index (κ1) is 11.1. The SMILES string of the molecule is COc1ccc(SC2(CN)CC2)cc1Cl. The number of methoxy groups -OCH3 is 1. The van der Waals surface area contributed by atoms with E-state index in [-0.39, 0.29) is 4.75 Å². The third kappa shape index (κ3) is 2.41. The van der Waals surface area contributed by atoms with Gasteiger partial charge in [-0.15, -0.1) is 11.8 Å². The molecule has 0 heterocycles. The lowest BCUT2D eigenvalue weighted by atomic mass is 10.3. The van der Waals surface area contributed by atoms with Gasteiger partial charge in [-0.25, -0.2) is 0 Å². The van der Waals surface area contributed by atoms with Crippen molar-refractivity contribution in [3.05, 3.63) is 23.2 Å². The quantitative estimate of drug-likeness (QED) is 0.883. The van der Waals surface area contributed by atoms with Crippen molar-refractivity contribution in [2.24, 2.45) is 5.73 Å². The van der Waals surface area contributed by atoms with E-state index in [1.165, 1.54) is 17.7 Å². The van der Waals surface area contributed by atoms with Crippen LogP contribution in [0.25, 0.3) is 0 Å². The van der Waals surface area contributed by atoms with E-state index >= 15 is 0 Å². The van der Waals surface area contributed by atoms with Crippen LogP contribution in [-0.2, 0) is 0 Å². The summed E-state index contributed by atoms with van der Waals surface area (Å²) < 4.78 is 5.38. The Morgan fingerprint density at radius 1 is 1.53 bits per heavy atom. The first-order valence-electron chi connectivity index (χ1n) is 4.92. The normalized spacial score (nSPS) is 17.5. The zero-order valence-corrected chi connectivity index (χ0v) is 10.2. The highest BCUT2D eigenvalue weighted by atomic mass is 35.5. The Balaban J connectivity index is 2.13. The smallest absolute Gasteiger partial charge is 0.137 e. The predicted molar refractivity (Wildman–Crippen MR) is 64.9 cm³/mol. The third-order valence-corrected chi connectivity index (χ3v) is 4.43. The fourth-order valence-corrected chi connectivity index (χ4v) is 2.97. The molecule has 15 heavy (non-hydrogen) atoms. The second kappa shape index (κ2) is 4.24. The first-order valence-corrected chi connectivity index (χ1v) is 6.11. The Morgan fingerprint density at radius 3 is 2.73 bits per heavy atom. The predicted octanol–water partition coefficient (Wildman–Crippen LogP) is 2.93. The van der Waals surface area contributed by atoms with Crippen LogP contribution < -0.4 is 10.5 Å². The molecule has 0 aromatic heterocycles. The number of benzene rings is 1. The Labute approximate surface area is 99.1 Å². The molecule has 1 saturated carbocycles. The lowest BCUT2D eigenvalue weighted by molar-refractivity contribution is 0.414. The van der Waals surface area contributed by atoms with Gasteiger partial charge in [0.1, 0.15) is 5.75 Å². The van der Waals surface area contributed by atoms with Crippen LogP contribution in [0.1, 0.15) is 12.8 Å². The monoisotopic (exact) mass is 243 g/mol. The standard InChI is InChI=1S/C11H14ClNOS/c1-14-10-3-2-8(6-9(10)12)15-11(7-13)4-5-11/h2-3,6H,4-5,7,13H2,1H3. The molecule has 0 saturated heterocycles. The van der Waals surface area contributed by atoms with Gasteiger partial charge < -0.3 is 10.5 Å². The van der Waals surface area contributed by atoms with Gasteiger partial charge in [0.15, 0.2) is 0 Å². The lowest BCUT2D eigenvalue weighted by Gasteiger charge is -2.12. The van der Waals surface area contributed by atoms with Crippen LogP contribution in [0.5, 0.6) is 5.75 Å². The maximum atomic E-state index is 6.05. The molecule has 1 aromatic carbocycles. The largest absolute Gasteiger partial charge is 0.495 e. The molecule has 0 atom stereocenters. The van der Waals surface area contributed by atoms with Gasteiger partial charge in [-0.05, 0) is 31.0 Å². The van der Waals surface area contributed by atoms with Gasteiger partial charge in [0.05, 0.1) is 12.1 Å². The van der Waals surface area contributed by atoms with Gasteiger partial charge in [-0.3, -0.25) is 0 Å². The highest BCUT2D eigenvalue weighted by Crippen LogP contribution is 2.51. The van der Waals surface area contributed by atoms with Crippen LogP contribution >= 0.6 is 23.4 Å². The highest BCUT2D eigenvalue weighted by Gasteiger charge is 2.42.